The van der Waals surface area contributed by atoms with Gasteiger partial charge < -0.3 is 5.32 Å². The first-order chi connectivity index (χ1) is 8.29. The average Bonchev–Trinajstić information content (AvgIpc) is 2.38. The van der Waals surface area contributed by atoms with Crippen molar-refractivity contribution >= 4 is 11.8 Å². The van der Waals surface area contributed by atoms with E-state index in [0.29, 0.717) is 12.1 Å². The zero-order valence-corrected chi connectivity index (χ0v) is 11.7. The lowest BCUT2D eigenvalue weighted by molar-refractivity contribution is 0.425. The maximum atomic E-state index is 3.82. The zero-order chi connectivity index (χ0) is 12.1. The van der Waals surface area contributed by atoms with Crippen molar-refractivity contribution in [2.24, 2.45) is 0 Å². The quantitative estimate of drug-likeness (QED) is 0.867. The molecule has 1 nitrogen and oxygen atoms in total. The molecule has 1 aromatic rings. The molecule has 2 atom stereocenters. The average molecular weight is 249 g/mol. The number of benzene rings is 1. The van der Waals surface area contributed by atoms with Gasteiger partial charge in [-0.25, -0.2) is 0 Å². The van der Waals surface area contributed by atoms with E-state index in [1.165, 1.54) is 41.9 Å². The molecule has 2 rings (SSSR count). The van der Waals surface area contributed by atoms with E-state index in [1.807, 2.05) is 0 Å². The van der Waals surface area contributed by atoms with Gasteiger partial charge in [-0.15, -0.1) is 0 Å². The van der Waals surface area contributed by atoms with E-state index in [-0.39, 0.29) is 0 Å². The maximum Gasteiger partial charge on any atom is 0.0320 e. The van der Waals surface area contributed by atoms with Crippen LogP contribution in [-0.2, 0) is 0 Å². The minimum atomic E-state index is 0.527. The Hall–Kier alpha value is -0.470. The Bertz CT molecular complexity index is 327. The van der Waals surface area contributed by atoms with Crippen molar-refractivity contribution in [2.75, 3.05) is 11.5 Å². The molecule has 0 bridgehead atoms. The van der Waals surface area contributed by atoms with E-state index in [0.717, 1.165) is 0 Å². The van der Waals surface area contributed by atoms with Crippen molar-refractivity contribution in [3.63, 3.8) is 0 Å². The molecule has 0 saturated carbocycles. The fraction of sp³-hybridized carbons (Fsp3) is 0.600. The van der Waals surface area contributed by atoms with Crippen LogP contribution in [0.4, 0.5) is 0 Å². The Kier molecular flexibility index (Phi) is 4.93. The first kappa shape index (κ1) is 13.0. The van der Waals surface area contributed by atoms with Gasteiger partial charge in [0, 0.05) is 17.8 Å². The van der Waals surface area contributed by atoms with Crippen molar-refractivity contribution in [1.29, 1.82) is 0 Å². The van der Waals surface area contributed by atoms with Crippen LogP contribution >= 0.6 is 11.8 Å². The summed E-state index contributed by atoms with van der Waals surface area (Å²) in [6.45, 7) is 4.42. The molecule has 0 amide bonds. The first-order valence-corrected chi connectivity index (χ1v) is 7.85. The van der Waals surface area contributed by atoms with E-state index in [4.69, 9.17) is 0 Å². The maximum absolute atomic E-state index is 3.82. The number of hydrogen-bond acceptors (Lipinski definition) is 2. The van der Waals surface area contributed by atoms with Gasteiger partial charge in [-0.1, -0.05) is 36.8 Å². The molecule has 17 heavy (non-hydrogen) atoms. The highest BCUT2D eigenvalue weighted by molar-refractivity contribution is 7.99. The highest BCUT2D eigenvalue weighted by atomic mass is 32.2. The number of thioether (sulfide) groups is 1. The summed E-state index contributed by atoms with van der Waals surface area (Å²) in [6, 6.07) is 10.2. The second-order valence-electron chi connectivity index (χ2n) is 4.95. The van der Waals surface area contributed by atoms with E-state index in [2.05, 4.69) is 55.2 Å². The predicted octanol–water partition coefficient (Wildman–Crippen LogP) is 3.93. The van der Waals surface area contributed by atoms with Gasteiger partial charge in [0.1, 0.15) is 0 Å². The topological polar surface area (TPSA) is 12.0 Å². The van der Waals surface area contributed by atoms with Crippen LogP contribution in [-0.4, -0.2) is 17.5 Å². The van der Waals surface area contributed by atoms with Gasteiger partial charge in [0.2, 0.25) is 0 Å². The Morgan fingerprint density at radius 2 is 2.12 bits per heavy atom. The van der Waals surface area contributed by atoms with Crippen LogP contribution in [0.3, 0.4) is 0 Å². The van der Waals surface area contributed by atoms with Crippen LogP contribution in [0.2, 0.25) is 0 Å². The third kappa shape index (κ3) is 3.75. The fourth-order valence-electron chi connectivity index (χ4n) is 2.41. The zero-order valence-electron chi connectivity index (χ0n) is 10.9. The van der Waals surface area contributed by atoms with E-state index >= 15 is 0 Å². The van der Waals surface area contributed by atoms with Crippen molar-refractivity contribution in [1.82, 2.24) is 5.32 Å². The molecular weight excluding hydrogens is 226 g/mol. The summed E-state index contributed by atoms with van der Waals surface area (Å²) in [7, 11) is 0. The highest BCUT2D eigenvalue weighted by Crippen LogP contribution is 2.23. The van der Waals surface area contributed by atoms with Gasteiger partial charge in [0.05, 0.1) is 0 Å². The molecule has 94 valence electrons. The summed E-state index contributed by atoms with van der Waals surface area (Å²) >= 11 is 2.09. The number of aryl methyl sites for hydroxylation is 1. The number of nitrogens with one attached hydrogen (secondary N) is 1. The first-order valence-electron chi connectivity index (χ1n) is 6.70. The Morgan fingerprint density at radius 3 is 2.71 bits per heavy atom. The van der Waals surface area contributed by atoms with Crippen LogP contribution in [0.1, 0.15) is 43.4 Å². The fourth-order valence-corrected chi connectivity index (χ4v) is 3.49. The lowest BCUT2D eigenvalue weighted by Gasteiger charge is -2.28. The Labute approximate surface area is 109 Å². The number of rotatable bonds is 4. The molecule has 0 aromatic heterocycles. The van der Waals surface area contributed by atoms with Crippen molar-refractivity contribution in [2.45, 2.75) is 45.2 Å². The Morgan fingerprint density at radius 1 is 1.35 bits per heavy atom. The van der Waals surface area contributed by atoms with Crippen LogP contribution in [0.25, 0.3) is 0 Å². The largest absolute Gasteiger partial charge is 0.306 e. The second kappa shape index (κ2) is 6.46. The molecule has 1 fully saturated rings. The summed E-state index contributed by atoms with van der Waals surface area (Å²) in [4.78, 5) is 0. The van der Waals surface area contributed by atoms with Gasteiger partial charge in [0.15, 0.2) is 0 Å². The van der Waals surface area contributed by atoms with Gasteiger partial charge in [-0.2, -0.15) is 11.8 Å². The van der Waals surface area contributed by atoms with E-state index in [9.17, 15) is 0 Å². The summed E-state index contributed by atoms with van der Waals surface area (Å²) < 4.78 is 0. The molecule has 0 aliphatic carbocycles. The summed E-state index contributed by atoms with van der Waals surface area (Å²) in [5, 5.41) is 3.82. The smallest absolute Gasteiger partial charge is 0.0320 e. The summed E-state index contributed by atoms with van der Waals surface area (Å²) in [5.74, 6) is 2.63. The summed E-state index contributed by atoms with van der Waals surface area (Å²) in [6.07, 6.45) is 3.88. The molecule has 0 radical (unpaired) electrons. The molecule has 0 spiro atoms. The van der Waals surface area contributed by atoms with E-state index < -0.39 is 0 Å². The van der Waals surface area contributed by atoms with Crippen molar-refractivity contribution < 1.29 is 0 Å². The molecule has 1 aliphatic rings. The monoisotopic (exact) mass is 249 g/mol. The SMILES string of the molecule is CCC(NC1CCCSC1)c1ccc(C)cc1. The minimum absolute atomic E-state index is 0.527. The third-order valence-electron chi connectivity index (χ3n) is 3.49. The Balaban J connectivity index is 1.97. The van der Waals surface area contributed by atoms with Crippen LogP contribution in [0.15, 0.2) is 24.3 Å². The molecule has 1 aliphatic heterocycles. The summed E-state index contributed by atoms with van der Waals surface area (Å²) in [5.41, 5.74) is 2.78. The molecule has 1 aromatic carbocycles. The lowest BCUT2D eigenvalue weighted by Crippen LogP contribution is -2.36. The van der Waals surface area contributed by atoms with E-state index in [1.54, 1.807) is 0 Å². The third-order valence-corrected chi connectivity index (χ3v) is 4.70. The minimum Gasteiger partial charge on any atom is -0.306 e. The second-order valence-corrected chi connectivity index (χ2v) is 6.10. The molecule has 1 heterocycles. The van der Waals surface area contributed by atoms with Crippen LogP contribution < -0.4 is 5.32 Å². The van der Waals surface area contributed by atoms with Crippen LogP contribution in [0, 0.1) is 6.92 Å². The predicted molar refractivity (Wildman–Crippen MR) is 77.7 cm³/mol. The molecule has 1 saturated heterocycles. The molecule has 2 unspecified atom stereocenters. The van der Waals surface area contributed by atoms with Gasteiger partial charge in [-0.3, -0.25) is 0 Å². The molecule has 1 N–H and O–H groups in total. The normalized spacial score (nSPS) is 22.4. The van der Waals surface area contributed by atoms with Crippen molar-refractivity contribution in [3.05, 3.63) is 35.4 Å². The standard InChI is InChI=1S/C15H23NS/c1-3-15(13-8-6-12(2)7-9-13)16-14-5-4-10-17-11-14/h6-9,14-16H,3-5,10-11H2,1-2H3. The lowest BCUT2D eigenvalue weighted by atomic mass is 10.0. The van der Waals surface area contributed by atoms with Gasteiger partial charge in [0.25, 0.3) is 0 Å². The van der Waals surface area contributed by atoms with Gasteiger partial charge in [-0.05, 0) is 37.5 Å². The van der Waals surface area contributed by atoms with Crippen LogP contribution in [0.5, 0.6) is 0 Å². The number of hydrogen-bond donors (Lipinski definition) is 1. The molecule has 2 heteroatoms. The highest BCUT2D eigenvalue weighted by Gasteiger charge is 2.18. The molecular formula is C15H23NS. The van der Waals surface area contributed by atoms with Gasteiger partial charge >= 0.3 is 0 Å². The van der Waals surface area contributed by atoms with Crippen molar-refractivity contribution in [3.8, 4) is 0 Å².